The van der Waals surface area contributed by atoms with Gasteiger partial charge >= 0.3 is 0 Å². The van der Waals surface area contributed by atoms with Crippen LogP contribution in [-0.2, 0) is 0 Å². The molecule has 0 aromatic carbocycles. The molecule has 0 aliphatic rings. The first kappa shape index (κ1) is 25.8. The van der Waals surface area contributed by atoms with Crippen LogP contribution < -0.4 is 17.2 Å². The minimum atomic E-state index is 0.844. The second kappa shape index (κ2) is 44.3. The molecule has 0 aromatic rings. The van der Waals surface area contributed by atoms with Gasteiger partial charge in [0.2, 0.25) is 0 Å². The summed E-state index contributed by atoms with van der Waals surface area (Å²) in [6.07, 6.45) is 7.16. The number of unbranched alkanes of at least 4 members (excludes halogenated alkanes) is 3. The van der Waals surface area contributed by atoms with Gasteiger partial charge in [0.05, 0.1) is 0 Å². The number of nitrogens with two attached hydrogens (primary N) is 3. The molecule has 0 fully saturated rings. The lowest BCUT2D eigenvalue weighted by molar-refractivity contribution is 0.807. The van der Waals surface area contributed by atoms with Crippen LogP contribution in [0.5, 0.6) is 0 Å². The lowest BCUT2D eigenvalue weighted by atomic mass is 10.3. The zero-order chi connectivity index (χ0) is 14.4. The maximum absolute atomic E-state index is 5.14. The van der Waals surface area contributed by atoms with Crippen LogP contribution in [0.15, 0.2) is 0 Å². The van der Waals surface area contributed by atoms with Gasteiger partial charge in [0, 0.05) is 0 Å². The van der Waals surface area contributed by atoms with Gasteiger partial charge in [-0.25, -0.2) is 0 Å². The Labute approximate surface area is 113 Å². The molecule has 17 heavy (non-hydrogen) atoms. The Bertz CT molecular complexity index is 53.4. The smallest absolute Gasteiger partial charge is 0.000585 e. The summed E-state index contributed by atoms with van der Waals surface area (Å²) in [5.41, 5.74) is 15.4. The van der Waals surface area contributed by atoms with Crippen LogP contribution in [0.4, 0.5) is 0 Å². The van der Waals surface area contributed by atoms with Gasteiger partial charge in [0.1, 0.15) is 0 Å². The van der Waals surface area contributed by atoms with Crippen molar-refractivity contribution in [3.63, 3.8) is 0 Å². The van der Waals surface area contributed by atoms with E-state index in [1.807, 2.05) is 0 Å². The molecule has 3 nitrogen and oxygen atoms in total. The minimum Gasteiger partial charge on any atom is -0.330 e. The van der Waals surface area contributed by atoms with Crippen molar-refractivity contribution >= 4 is 10.2 Å². The Morgan fingerprint density at radius 1 is 0.588 bits per heavy atom. The van der Waals surface area contributed by atoms with Crippen LogP contribution in [0.1, 0.15) is 59.3 Å². The predicted octanol–water partition coefficient (Wildman–Crippen LogP) is 1.64. The fraction of sp³-hybridized carbons (Fsp3) is 1.00. The molecule has 0 aliphatic carbocycles. The zero-order valence-electron chi connectivity index (χ0n) is 13.1. The van der Waals surface area contributed by atoms with Gasteiger partial charge in [-0.3, -0.25) is 0 Å². The van der Waals surface area contributed by atoms with Crippen LogP contribution in [0.25, 0.3) is 0 Å². The van der Waals surface area contributed by atoms with Gasteiger partial charge in [-0.05, 0) is 49.1 Å². The van der Waals surface area contributed by atoms with Crippen molar-refractivity contribution in [3.8, 4) is 0 Å². The summed E-state index contributed by atoms with van der Waals surface area (Å²) >= 11 is 0. The Hall–Kier alpha value is 0.0969. The molecule has 0 saturated heterocycles. The third-order valence-electron chi connectivity index (χ3n) is 1.67. The summed E-state index contributed by atoms with van der Waals surface area (Å²) in [5, 5.41) is 0. The van der Waals surface area contributed by atoms with E-state index in [9.17, 15) is 0 Å². The normalized spacial score (nSPS) is 7.94. The highest BCUT2D eigenvalue weighted by Gasteiger charge is 1.68. The van der Waals surface area contributed by atoms with Gasteiger partial charge < -0.3 is 17.2 Å². The minimum absolute atomic E-state index is 0.844. The van der Waals surface area contributed by atoms with Gasteiger partial charge in [-0.2, -0.15) is 0 Å². The van der Waals surface area contributed by atoms with E-state index in [0.717, 1.165) is 19.6 Å². The van der Waals surface area contributed by atoms with E-state index in [0.29, 0.717) is 0 Å². The molecular weight excluding hydrogens is 226 g/mol. The molecule has 0 aromatic heterocycles. The maximum Gasteiger partial charge on any atom is -0.000585 e. The van der Waals surface area contributed by atoms with E-state index < -0.39 is 0 Å². The van der Waals surface area contributed by atoms with E-state index in [4.69, 9.17) is 17.2 Å². The monoisotopic (exact) mass is 265 g/mol. The molecule has 0 aliphatic heterocycles. The molecule has 0 radical (unpaired) electrons. The molecule has 0 heterocycles. The van der Waals surface area contributed by atoms with E-state index >= 15 is 0 Å². The molecule has 0 saturated carbocycles. The predicted molar refractivity (Wildman–Crippen MR) is 87.7 cm³/mol. The topological polar surface area (TPSA) is 78.1 Å². The number of hydrogen-bond acceptors (Lipinski definition) is 3. The average Bonchev–Trinajstić information content (AvgIpc) is 2.36. The molecule has 0 unspecified atom stereocenters. The van der Waals surface area contributed by atoms with Crippen LogP contribution in [0.3, 0.4) is 0 Å². The first-order valence-corrected chi connectivity index (χ1v) is 9.35. The molecule has 110 valence electrons. The Kier molecular flexibility index (Phi) is 67.4. The fourth-order valence-corrected chi connectivity index (χ4v) is 0.612. The van der Waals surface area contributed by atoms with Crippen molar-refractivity contribution in [2.75, 3.05) is 19.6 Å². The van der Waals surface area contributed by atoms with Crippen LogP contribution >= 0.6 is 0 Å². The summed E-state index contributed by atoms with van der Waals surface area (Å²) in [6, 6.07) is 0. The lowest BCUT2D eigenvalue weighted by Gasteiger charge is -1.80. The molecule has 0 amide bonds. The van der Waals surface area contributed by atoms with E-state index in [2.05, 4.69) is 27.3 Å². The van der Waals surface area contributed by atoms with Crippen LogP contribution in [0.2, 0.25) is 6.55 Å². The van der Waals surface area contributed by atoms with Gasteiger partial charge in [0.15, 0.2) is 0 Å². The number of hydrogen-bond donors (Lipinski definition) is 3. The van der Waals surface area contributed by atoms with Crippen molar-refractivity contribution in [1.82, 2.24) is 0 Å². The quantitative estimate of drug-likeness (QED) is 0.639. The lowest BCUT2D eigenvalue weighted by Crippen LogP contribution is -1.95. The first-order valence-electron chi connectivity index (χ1n) is 7.35. The van der Waals surface area contributed by atoms with E-state index in [1.165, 1.54) is 48.8 Å². The van der Waals surface area contributed by atoms with Gasteiger partial charge in [-0.1, -0.05) is 46.6 Å². The Morgan fingerprint density at radius 3 is 0.765 bits per heavy atom. The maximum atomic E-state index is 5.14. The summed E-state index contributed by atoms with van der Waals surface area (Å²) in [4.78, 5) is 0. The summed E-state index contributed by atoms with van der Waals surface area (Å²) in [6.45, 7) is 11.1. The standard InChI is InChI=1S/3C4H11N.CH6Si/c3*1-2-3-4-5;1-2/h3*2-5H2,1H3;1-2H3. The molecule has 0 atom stereocenters. The highest BCUT2D eigenvalue weighted by Crippen LogP contribution is 1.77. The van der Waals surface area contributed by atoms with Crippen molar-refractivity contribution in [3.05, 3.63) is 0 Å². The fourth-order valence-electron chi connectivity index (χ4n) is 0.612. The Balaban J connectivity index is -0.0000000693. The summed E-state index contributed by atoms with van der Waals surface area (Å²) in [7, 11) is 1.31. The second-order valence-electron chi connectivity index (χ2n) is 3.43. The molecule has 6 N–H and O–H groups in total. The van der Waals surface area contributed by atoms with Crippen molar-refractivity contribution in [2.24, 2.45) is 17.2 Å². The summed E-state index contributed by atoms with van der Waals surface area (Å²) < 4.78 is 0. The third kappa shape index (κ3) is 86.1. The second-order valence-corrected chi connectivity index (χ2v) is 3.43. The number of rotatable bonds is 6. The molecular formula is C13H39N3Si. The summed E-state index contributed by atoms with van der Waals surface area (Å²) in [5.74, 6) is 0. The third-order valence-corrected chi connectivity index (χ3v) is 1.67. The van der Waals surface area contributed by atoms with Crippen LogP contribution in [0, 0.1) is 0 Å². The van der Waals surface area contributed by atoms with Gasteiger partial charge in [0.25, 0.3) is 0 Å². The van der Waals surface area contributed by atoms with Crippen LogP contribution in [-0.4, -0.2) is 29.9 Å². The largest absolute Gasteiger partial charge is 0.330 e. The van der Waals surface area contributed by atoms with Crippen molar-refractivity contribution in [2.45, 2.75) is 65.8 Å². The van der Waals surface area contributed by atoms with Gasteiger partial charge in [-0.15, -0.1) is 0 Å². The molecule has 0 rings (SSSR count). The molecule has 4 heteroatoms. The average molecular weight is 266 g/mol. The zero-order valence-corrected chi connectivity index (χ0v) is 15.1. The van der Waals surface area contributed by atoms with E-state index in [1.54, 1.807) is 0 Å². The van der Waals surface area contributed by atoms with Crippen molar-refractivity contribution < 1.29 is 0 Å². The highest BCUT2D eigenvalue weighted by molar-refractivity contribution is 6.05. The Morgan fingerprint density at radius 2 is 0.765 bits per heavy atom. The van der Waals surface area contributed by atoms with Crippen molar-refractivity contribution in [1.29, 1.82) is 0 Å². The molecule has 0 spiro atoms. The SMILES string of the molecule is CCCCN.CCCCN.CCCCN.C[SiH3]. The van der Waals surface area contributed by atoms with E-state index in [-0.39, 0.29) is 0 Å². The first-order chi connectivity index (χ1) is 8.24. The molecule has 0 bridgehead atoms. The highest BCUT2D eigenvalue weighted by atomic mass is 28.1.